The highest BCUT2D eigenvalue weighted by Gasteiger charge is 2.37. The Labute approximate surface area is 225 Å². The summed E-state index contributed by atoms with van der Waals surface area (Å²) in [6.45, 7) is 8.45. The van der Waals surface area contributed by atoms with E-state index in [4.69, 9.17) is 4.74 Å². The zero-order valence-corrected chi connectivity index (χ0v) is 23.0. The lowest BCUT2D eigenvalue weighted by atomic mass is 10.0. The SMILES string of the molecule is CCCCCCN(C(=O)C(CO)NC(=O)OC(C)(C)C)C(C(=O)Nc1ccccc1C)c1ccccc1O. The predicted octanol–water partition coefficient (Wildman–Crippen LogP) is 4.67. The van der Waals surface area contributed by atoms with Crippen LogP contribution in [0, 0.1) is 6.92 Å². The molecule has 208 valence electrons. The molecule has 2 atom stereocenters. The van der Waals surface area contributed by atoms with E-state index in [0.29, 0.717) is 12.1 Å². The van der Waals surface area contributed by atoms with Crippen LogP contribution in [0.15, 0.2) is 48.5 Å². The lowest BCUT2D eigenvalue weighted by Gasteiger charge is -2.34. The highest BCUT2D eigenvalue weighted by molar-refractivity contribution is 5.99. The van der Waals surface area contributed by atoms with Gasteiger partial charge in [-0.2, -0.15) is 0 Å². The summed E-state index contributed by atoms with van der Waals surface area (Å²) in [6.07, 6.45) is 2.46. The Morgan fingerprint density at radius 3 is 2.26 bits per heavy atom. The van der Waals surface area contributed by atoms with Crippen LogP contribution in [0.25, 0.3) is 0 Å². The second kappa shape index (κ2) is 14.4. The Balaban J connectivity index is 2.49. The van der Waals surface area contributed by atoms with Gasteiger partial charge in [0, 0.05) is 17.8 Å². The lowest BCUT2D eigenvalue weighted by Crippen LogP contribution is -2.54. The number of ether oxygens (including phenoxy) is 1. The van der Waals surface area contributed by atoms with Crippen LogP contribution in [-0.4, -0.2) is 57.8 Å². The molecule has 0 saturated heterocycles. The number of aromatic hydroxyl groups is 1. The molecular weight excluding hydrogens is 486 g/mol. The van der Waals surface area contributed by atoms with Gasteiger partial charge in [0.1, 0.15) is 23.4 Å². The summed E-state index contributed by atoms with van der Waals surface area (Å²) >= 11 is 0. The second-order valence-corrected chi connectivity index (χ2v) is 10.2. The standard InChI is InChI=1S/C29H41N3O6/c1-6-7-8-13-18-32(27(36)23(19-33)31-28(37)38-29(3,4)5)25(21-15-10-12-17-24(21)34)26(35)30-22-16-11-9-14-20(22)2/h9-12,14-17,23,25,33-34H,6-8,13,18-19H2,1-5H3,(H,30,35)(H,31,37). The number of carbonyl (C=O) groups is 3. The van der Waals surface area contributed by atoms with Crippen molar-refractivity contribution in [2.45, 2.75) is 78.0 Å². The van der Waals surface area contributed by atoms with Crippen molar-refractivity contribution in [3.63, 3.8) is 0 Å². The maximum atomic E-state index is 13.8. The Hall–Kier alpha value is -3.59. The number of phenolic OH excluding ortho intramolecular Hbond substituents is 1. The Kier molecular flexibility index (Phi) is 11.6. The molecule has 38 heavy (non-hydrogen) atoms. The van der Waals surface area contributed by atoms with E-state index in [1.165, 1.54) is 11.0 Å². The number of rotatable bonds is 12. The lowest BCUT2D eigenvalue weighted by molar-refractivity contribution is -0.141. The van der Waals surface area contributed by atoms with Gasteiger partial charge >= 0.3 is 6.09 Å². The fourth-order valence-electron chi connectivity index (χ4n) is 3.99. The predicted molar refractivity (Wildman–Crippen MR) is 147 cm³/mol. The van der Waals surface area contributed by atoms with Crippen molar-refractivity contribution in [3.8, 4) is 5.75 Å². The number of nitrogens with zero attached hydrogens (tertiary/aromatic N) is 1. The molecular formula is C29H41N3O6. The number of hydrogen-bond acceptors (Lipinski definition) is 6. The van der Waals surface area contributed by atoms with Crippen molar-refractivity contribution in [2.75, 3.05) is 18.5 Å². The molecule has 2 unspecified atom stereocenters. The fraction of sp³-hybridized carbons (Fsp3) is 0.483. The van der Waals surface area contributed by atoms with E-state index < -0.39 is 42.2 Å². The van der Waals surface area contributed by atoms with Gasteiger partial charge in [-0.1, -0.05) is 62.6 Å². The number of hydrogen-bond donors (Lipinski definition) is 4. The maximum Gasteiger partial charge on any atom is 0.408 e. The van der Waals surface area contributed by atoms with E-state index in [9.17, 15) is 24.6 Å². The minimum atomic E-state index is -1.35. The zero-order chi connectivity index (χ0) is 28.3. The summed E-state index contributed by atoms with van der Waals surface area (Å²) in [7, 11) is 0. The van der Waals surface area contributed by atoms with Gasteiger partial charge in [0.15, 0.2) is 0 Å². The quantitative estimate of drug-likeness (QED) is 0.297. The van der Waals surface area contributed by atoms with Gasteiger partial charge < -0.3 is 30.5 Å². The third-order valence-electron chi connectivity index (χ3n) is 5.90. The summed E-state index contributed by atoms with van der Waals surface area (Å²) in [4.78, 5) is 41.3. The first-order chi connectivity index (χ1) is 18.0. The Morgan fingerprint density at radius 1 is 1.00 bits per heavy atom. The van der Waals surface area contributed by atoms with E-state index in [1.54, 1.807) is 51.1 Å². The number of amides is 3. The molecule has 2 aromatic carbocycles. The number of carbonyl (C=O) groups excluding carboxylic acids is 3. The van der Waals surface area contributed by atoms with Crippen LogP contribution in [0.4, 0.5) is 10.5 Å². The van der Waals surface area contributed by atoms with Crippen LogP contribution in [0.5, 0.6) is 5.75 Å². The smallest absolute Gasteiger partial charge is 0.408 e. The largest absolute Gasteiger partial charge is 0.508 e. The summed E-state index contributed by atoms with van der Waals surface area (Å²) in [6, 6.07) is 11.0. The Morgan fingerprint density at radius 2 is 1.66 bits per heavy atom. The third kappa shape index (κ3) is 9.06. The minimum absolute atomic E-state index is 0.149. The number of nitrogens with one attached hydrogen (secondary N) is 2. The first kappa shape index (κ1) is 30.6. The van der Waals surface area contributed by atoms with Crippen LogP contribution in [0.2, 0.25) is 0 Å². The van der Waals surface area contributed by atoms with Crippen LogP contribution >= 0.6 is 0 Å². The highest BCUT2D eigenvalue weighted by Crippen LogP contribution is 2.31. The molecule has 0 aliphatic heterocycles. The average molecular weight is 528 g/mol. The van der Waals surface area contributed by atoms with Gasteiger partial charge in [0.05, 0.1) is 6.61 Å². The number of alkyl carbamates (subject to hydrolysis) is 1. The summed E-state index contributed by atoms with van der Waals surface area (Å²) in [5.41, 5.74) is 0.828. The zero-order valence-electron chi connectivity index (χ0n) is 23.0. The normalized spacial score (nSPS) is 12.8. The molecule has 2 aromatic rings. The number of aliphatic hydroxyl groups excluding tert-OH is 1. The van der Waals surface area contributed by atoms with Gasteiger partial charge in [-0.25, -0.2) is 4.79 Å². The fourth-order valence-corrected chi connectivity index (χ4v) is 3.99. The molecule has 0 aliphatic rings. The number of para-hydroxylation sites is 2. The van der Waals surface area contributed by atoms with Crippen LogP contribution in [0.3, 0.4) is 0 Å². The van der Waals surface area contributed by atoms with Crippen molar-refractivity contribution in [2.24, 2.45) is 0 Å². The molecule has 0 spiro atoms. The van der Waals surface area contributed by atoms with Crippen molar-refractivity contribution in [3.05, 3.63) is 59.7 Å². The van der Waals surface area contributed by atoms with Crippen LogP contribution in [-0.2, 0) is 14.3 Å². The first-order valence-electron chi connectivity index (χ1n) is 13.0. The monoisotopic (exact) mass is 527 g/mol. The molecule has 0 aromatic heterocycles. The highest BCUT2D eigenvalue weighted by atomic mass is 16.6. The van der Waals surface area contributed by atoms with E-state index in [0.717, 1.165) is 24.8 Å². The molecule has 2 rings (SSSR count). The number of phenols is 1. The molecule has 0 fully saturated rings. The summed E-state index contributed by atoms with van der Waals surface area (Å²) in [5, 5.41) is 26.1. The van der Waals surface area contributed by atoms with Crippen molar-refractivity contribution in [1.29, 1.82) is 0 Å². The van der Waals surface area contributed by atoms with E-state index in [-0.39, 0.29) is 17.9 Å². The van der Waals surface area contributed by atoms with Gasteiger partial charge in [-0.3, -0.25) is 9.59 Å². The van der Waals surface area contributed by atoms with Gasteiger partial charge in [-0.05, 0) is 51.8 Å². The topological polar surface area (TPSA) is 128 Å². The van der Waals surface area contributed by atoms with Gasteiger partial charge in [-0.15, -0.1) is 0 Å². The van der Waals surface area contributed by atoms with Crippen molar-refractivity contribution >= 4 is 23.6 Å². The number of anilines is 1. The molecule has 4 N–H and O–H groups in total. The molecule has 3 amide bonds. The Bertz CT molecular complexity index is 1080. The molecule has 0 bridgehead atoms. The summed E-state index contributed by atoms with van der Waals surface area (Å²) in [5.74, 6) is -1.34. The molecule has 0 aliphatic carbocycles. The van der Waals surface area contributed by atoms with Crippen LogP contribution in [0.1, 0.15) is 70.5 Å². The summed E-state index contributed by atoms with van der Waals surface area (Å²) < 4.78 is 5.27. The van der Waals surface area contributed by atoms with Gasteiger partial charge in [0.2, 0.25) is 5.91 Å². The third-order valence-corrected chi connectivity index (χ3v) is 5.90. The van der Waals surface area contributed by atoms with Crippen molar-refractivity contribution < 1.29 is 29.3 Å². The van der Waals surface area contributed by atoms with Crippen LogP contribution < -0.4 is 10.6 Å². The molecule has 0 heterocycles. The molecule has 9 heteroatoms. The first-order valence-corrected chi connectivity index (χ1v) is 13.0. The maximum absolute atomic E-state index is 13.8. The van der Waals surface area contributed by atoms with E-state index in [2.05, 4.69) is 17.6 Å². The number of benzene rings is 2. The number of aliphatic hydroxyl groups is 1. The average Bonchev–Trinajstić information content (AvgIpc) is 2.85. The minimum Gasteiger partial charge on any atom is -0.508 e. The molecule has 0 saturated carbocycles. The number of aryl methyl sites for hydroxylation is 1. The molecule has 9 nitrogen and oxygen atoms in total. The van der Waals surface area contributed by atoms with E-state index in [1.807, 2.05) is 19.1 Å². The second-order valence-electron chi connectivity index (χ2n) is 10.2. The number of unbranched alkanes of at least 4 members (excludes halogenated alkanes) is 3. The molecule has 0 radical (unpaired) electrons. The van der Waals surface area contributed by atoms with Gasteiger partial charge in [0.25, 0.3) is 5.91 Å². The van der Waals surface area contributed by atoms with Crippen molar-refractivity contribution in [1.82, 2.24) is 10.2 Å². The van der Waals surface area contributed by atoms with E-state index >= 15 is 0 Å².